The number of aryl methyl sites for hydroxylation is 1. The fourth-order valence-corrected chi connectivity index (χ4v) is 3.80. The van der Waals surface area contributed by atoms with Gasteiger partial charge in [-0.3, -0.25) is 9.69 Å². The number of benzene rings is 2. The number of carbonyl (C=O) groups excluding carboxylic acids is 1. The van der Waals surface area contributed by atoms with Crippen LogP contribution < -0.4 is 10.1 Å². The zero-order valence-corrected chi connectivity index (χ0v) is 17.6. The molecule has 1 amide bonds. The number of nitrogens with one attached hydrogen (secondary N) is 1. The lowest BCUT2D eigenvalue weighted by atomic mass is 9.96. The van der Waals surface area contributed by atoms with Crippen LogP contribution in [0.3, 0.4) is 0 Å². The number of carbonyl (C=O) groups is 1. The van der Waals surface area contributed by atoms with Gasteiger partial charge in [0.05, 0.1) is 12.5 Å². The van der Waals surface area contributed by atoms with Gasteiger partial charge in [-0.15, -0.1) is 0 Å². The normalized spacial score (nSPS) is 17.3. The number of hydrogen-bond donors (Lipinski definition) is 1. The quantitative estimate of drug-likeness (QED) is 0.659. The van der Waals surface area contributed by atoms with Crippen LogP contribution in [0.25, 0.3) is 0 Å². The highest BCUT2D eigenvalue weighted by Gasteiger charge is 2.25. The lowest BCUT2D eigenvalue weighted by Crippen LogP contribution is -2.43. The van der Waals surface area contributed by atoms with Gasteiger partial charge in [0.25, 0.3) is 0 Å². The highest BCUT2D eigenvalue weighted by Crippen LogP contribution is 2.23. The minimum absolute atomic E-state index is 0.00468. The Hall–Kier alpha value is -1.75. The van der Waals surface area contributed by atoms with Gasteiger partial charge in [-0.05, 0) is 55.6 Å². The summed E-state index contributed by atoms with van der Waals surface area (Å²) in [5.74, 6) is 0.813. The first kappa shape index (κ1) is 21.0. The van der Waals surface area contributed by atoms with E-state index in [2.05, 4.69) is 10.2 Å². The number of amides is 1. The third kappa shape index (κ3) is 5.87. The van der Waals surface area contributed by atoms with Gasteiger partial charge in [0.2, 0.25) is 5.91 Å². The maximum atomic E-state index is 12.5. The van der Waals surface area contributed by atoms with Crippen LogP contribution in [0.2, 0.25) is 10.0 Å². The number of nitrogens with zero attached hydrogens (tertiary/aromatic N) is 1. The standard InChI is InChI=1S/C22H26Cl2N2O2/c1-16-8-9-19(13-21(16)24)28-12-10-25-22(27)18-6-4-11-26(15-18)14-17-5-2-3-7-20(17)23/h2-3,5,7-9,13,18H,4,6,10-12,14-15H2,1H3,(H,25,27)/t18-/m1/s1. The third-order valence-electron chi connectivity index (χ3n) is 5.04. The zero-order chi connectivity index (χ0) is 19.9. The summed E-state index contributed by atoms with van der Waals surface area (Å²) in [7, 11) is 0. The molecule has 1 N–H and O–H groups in total. The molecule has 4 nitrogen and oxygen atoms in total. The molecule has 1 saturated heterocycles. The molecule has 2 aromatic carbocycles. The molecule has 3 rings (SSSR count). The van der Waals surface area contributed by atoms with Crippen LogP contribution in [-0.4, -0.2) is 37.0 Å². The number of likely N-dealkylation sites (tertiary alicyclic amines) is 1. The number of hydrogen-bond acceptors (Lipinski definition) is 3. The van der Waals surface area contributed by atoms with Crippen molar-refractivity contribution < 1.29 is 9.53 Å². The number of halogens is 2. The van der Waals surface area contributed by atoms with Crippen molar-refractivity contribution in [2.75, 3.05) is 26.2 Å². The Morgan fingerprint density at radius 1 is 1.21 bits per heavy atom. The van der Waals surface area contributed by atoms with Crippen molar-refractivity contribution in [1.82, 2.24) is 10.2 Å². The summed E-state index contributed by atoms with van der Waals surface area (Å²) in [5.41, 5.74) is 2.12. The van der Waals surface area contributed by atoms with E-state index in [9.17, 15) is 4.79 Å². The minimum Gasteiger partial charge on any atom is -0.492 e. The molecule has 0 aliphatic carbocycles. The van der Waals surface area contributed by atoms with Gasteiger partial charge in [0, 0.05) is 23.1 Å². The molecule has 0 aromatic heterocycles. The molecular formula is C22H26Cl2N2O2. The Balaban J connectivity index is 1.42. The predicted octanol–water partition coefficient (Wildman–Crippen LogP) is 4.71. The van der Waals surface area contributed by atoms with Crippen LogP contribution in [0.4, 0.5) is 0 Å². The van der Waals surface area contributed by atoms with Crippen molar-refractivity contribution in [3.63, 3.8) is 0 Å². The summed E-state index contributed by atoms with van der Waals surface area (Å²) >= 11 is 12.4. The second kappa shape index (κ2) is 10.1. The van der Waals surface area contributed by atoms with Crippen molar-refractivity contribution in [3.8, 4) is 5.75 Å². The molecule has 0 radical (unpaired) electrons. The summed E-state index contributed by atoms with van der Waals surface area (Å²) in [6.45, 7) is 5.37. The fraction of sp³-hybridized carbons (Fsp3) is 0.409. The van der Waals surface area contributed by atoms with Crippen molar-refractivity contribution in [2.24, 2.45) is 5.92 Å². The van der Waals surface area contributed by atoms with Gasteiger partial charge in [-0.2, -0.15) is 0 Å². The van der Waals surface area contributed by atoms with E-state index in [0.717, 1.165) is 48.6 Å². The largest absolute Gasteiger partial charge is 0.492 e. The topological polar surface area (TPSA) is 41.6 Å². The van der Waals surface area contributed by atoms with E-state index in [1.807, 2.05) is 43.3 Å². The number of ether oxygens (including phenoxy) is 1. The van der Waals surface area contributed by atoms with Crippen LogP contribution in [0.15, 0.2) is 42.5 Å². The van der Waals surface area contributed by atoms with Gasteiger partial charge in [-0.1, -0.05) is 47.5 Å². The SMILES string of the molecule is Cc1ccc(OCCNC(=O)[C@@H]2CCCN(Cc3ccccc3Cl)C2)cc1Cl. The highest BCUT2D eigenvalue weighted by atomic mass is 35.5. The predicted molar refractivity (Wildman–Crippen MR) is 114 cm³/mol. The molecule has 28 heavy (non-hydrogen) atoms. The fourth-order valence-electron chi connectivity index (χ4n) is 3.43. The Morgan fingerprint density at radius 2 is 2.04 bits per heavy atom. The lowest BCUT2D eigenvalue weighted by molar-refractivity contribution is -0.126. The van der Waals surface area contributed by atoms with E-state index in [1.54, 1.807) is 6.07 Å². The third-order valence-corrected chi connectivity index (χ3v) is 5.82. The Bertz CT molecular complexity index is 813. The molecule has 1 atom stereocenters. The number of rotatable bonds is 7. The molecule has 0 saturated carbocycles. The molecule has 0 bridgehead atoms. The molecule has 6 heteroatoms. The van der Waals surface area contributed by atoms with E-state index in [1.165, 1.54) is 0 Å². The summed E-state index contributed by atoms with van der Waals surface area (Å²) in [4.78, 5) is 14.8. The first-order valence-corrected chi connectivity index (χ1v) is 10.4. The first-order valence-electron chi connectivity index (χ1n) is 9.65. The molecule has 0 unspecified atom stereocenters. The van der Waals surface area contributed by atoms with Gasteiger partial charge in [-0.25, -0.2) is 0 Å². The molecule has 1 aliphatic rings. The van der Waals surface area contributed by atoms with Crippen LogP contribution in [-0.2, 0) is 11.3 Å². The van der Waals surface area contributed by atoms with Gasteiger partial charge in [0.15, 0.2) is 0 Å². The maximum absolute atomic E-state index is 12.5. The van der Waals surface area contributed by atoms with E-state index < -0.39 is 0 Å². The maximum Gasteiger partial charge on any atom is 0.224 e. The summed E-state index contributed by atoms with van der Waals surface area (Å²) in [6.07, 6.45) is 1.93. The van der Waals surface area contributed by atoms with Crippen molar-refractivity contribution in [3.05, 3.63) is 63.6 Å². The van der Waals surface area contributed by atoms with Crippen LogP contribution in [0.5, 0.6) is 5.75 Å². The highest BCUT2D eigenvalue weighted by molar-refractivity contribution is 6.31. The monoisotopic (exact) mass is 420 g/mol. The van der Waals surface area contributed by atoms with E-state index in [-0.39, 0.29) is 11.8 Å². The second-order valence-corrected chi connectivity index (χ2v) is 8.03. The van der Waals surface area contributed by atoms with E-state index >= 15 is 0 Å². The molecule has 150 valence electrons. The first-order chi connectivity index (χ1) is 13.5. The zero-order valence-electron chi connectivity index (χ0n) is 16.1. The Labute approximate surface area is 176 Å². The minimum atomic E-state index is 0.00468. The molecule has 1 fully saturated rings. The number of piperidine rings is 1. The van der Waals surface area contributed by atoms with Gasteiger partial charge < -0.3 is 10.1 Å². The molecule has 0 spiro atoms. The Morgan fingerprint density at radius 3 is 2.82 bits per heavy atom. The summed E-state index contributed by atoms with van der Waals surface area (Å²) < 4.78 is 5.67. The molecule has 1 aliphatic heterocycles. The lowest BCUT2D eigenvalue weighted by Gasteiger charge is -2.32. The van der Waals surface area contributed by atoms with E-state index in [4.69, 9.17) is 27.9 Å². The van der Waals surface area contributed by atoms with Gasteiger partial charge in [0.1, 0.15) is 12.4 Å². The molecule has 2 aromatic rings. The second-order valence-electron chi connectivity index (χ2n) is 7.22. The van der Waals surface area contributed by atoms with Crippen LogP contribution in [0.1, 0.15) is 24.0 Å². The molecule has 1 heterocycles. The van der Waals surface area contributed by atoms with Crippen LogP contribution >= 0.6 is 23.2 Å². The van der Waals surface area contributed by atoms with Crippen molar-refractivity contribution in [2.45, 2.75) is 26.3 Å². The summed E-state index contributed by atoms with van der Waals surface area (Å²) in [6, 6.07) is 13.5. The Kier molecular flexibility index (Phi) is 7.60. The van der Waals surface area contributed by atoms with Gasteiger partial charge >= 0.3 is 0 Å². The summed E-state index contributed by atoms with van der Waals surface area (Å²) in [5, 5.41) is 4.46. The van der Waals surface area contributed by atoms with Crippen LogP contribution in [0, 0.1) is 12.8 Å². The van der Waals surface area contributed by atoms with Crippen molar-refractivity contribution >= 4 is 29.1 Å². The average Bonchev–Trinajstić information content (AvgIpc) is 2.70. The molecular weight excluding hydrogens is 395 g/mol. The average molecular weight is 421 g/mol. The van der Waals surface area contributed by atoms with E-state index in [0.29, 0.717) is 23.9 Å². The smallest absolute Gasteiger partial charge is 0.224 e. The van der Waals surface area contributed by atoms with Crippen molar-refractivity contribution in [1.29, 1.82) is 0 Å².